The standard InChI is InChI=1S/C20H29N3O4/c1-5-6-12-21-18(25)20(3,4)19(26)23-16-13(2)27-15-11-9-7-8-10-14(15)22-17(16)24/h8-11,13,16H,5-7,12H2,1-4H3,(H,21,25)(H,22,24)(H,23,26). The lowest BCUT2D eigenvalue weighted by atomic mass is 9.90. The normalized spacial score (nSPS) is 22.1. The number of hydrogen-bond acceptors (Lipinski definition) is 4. The van der Waals surface area contributed by atoms with Gasteiger partial charge >= 0.3 is 0 Å². The van der Waals surface area contributed by atoms with E-state index in [4.69, 9.17) is 4.74 Å². The quantitative estimate of drug-likeness (QED) is 0.486. The van der Waals surface area contributed by atoms with Crippen molar-refractivity contribution in [3.05, 3.63) is 35.8 Å². The summed E-state index contributed by atoms with van der Waals surface area (Å²) in [5.74, 6) is -0.702. The van der Waals surface area contributed by atoms with Crippen molar-refractivity contribution in [1.82, 2.24) is 16.0 Å². The first-order chi connectivity index (χ1) is 12.8. The fourth-order valence-electron chi connectivity index (χ4n) is 2.72. The Morgan fingerprint density at radius 3 is 2.67 bits per heavy atom. The average molecular weight is 375 g/mol. The molecule has 0 saturated carbocycles. The Morgan fingerprint density at radius 2 is 1.96 bits per heavy atom. The first kappa shape index (κ1) is 20.7. The molecule has 3 N–H and O–H groups in total. The van der Waals surface area contributed by atoms with E-state index in [2.05, 4.69) is 16.0 Å². The second-order valence-corrected chi connectivity index (χ2v) is 7.32. The van der Waals surface area contributed by atoms with Crippen molar-refractivity contribution in [3.8, 4) is 0 Å². The van der Waals surface area contributed by atoms with Crippen LogP contribution in [0.25, 0.3) is 0 Å². The number of ether oxygens (including phenoxy) is 1. The summed E-state index contributed by atoms with van der Waals surface area (Å²) in [6.45, 7) is 7.35. The summed E-state index contributed by atoms with van der Waals surface area (Å²) >= 11 is 0. The maximum atomic E-state index is 12.7. The molecule has 0 aromatic rings. The van der Waals surface area contributed by atoms with Crippen LogP contribution >= 0.6 is 0 Å². The Morgan fingerprint density at radius 1 is 1.26 bits per heavy atom. The Hall–Kier alpha value is -2.57. The van der Waals surface area contributed by atoms with Gasteiger partial charge in [0.2, 0.25) is 11.8 Å². The number of rotatable bonds is 6. The summed E-state index contributed by atoms with van der Waals surface area (Å²) in [6, 6.07) is -0.908. The molecule has 2 aliphatic rings. The van der Waals surface area contributed by atoms with Crippen LogP contribution in [0.5, 0.6) is 0 Å². The number of hydrogen-bond donors (Lipinski definition) is 3. The summed E-state index contributed by atoms with van der Waals surface area (Å²) in [5, 5.41) is 8.24. The van der Waals surface area contributed by atoms with Crippen molar-refractivity contribution in [1.29, 1.82) is 0 Å². The molecule has 3 amide bonds. The number of allylic oxidation sites excluding steroid dienone is 4. The average Bonchev–Trinajstić information content (AvgIpc) is 2.89. The van der Waals surface area contributed by atoms with Crippen molar-refractivity contribution >= 4 is 17.7 Å². The number of amides is 3. The molecule has 148 valence electrons. The molecule has 7 nitrogen and oxygen atoms in total. The van der Waals surface area contributed by atoms with Gasteiger partial charge in [-0.3, -0.25) is 14.4 Å². The van der Waals surface area contributed by atoms with E-state index >= 15 is 0 Å². The van der Waals surface area contributed by atoms with E-state index in [1.54, 1.807) is 32.9 Å². The molecule has 0 radical (unpaired) electrons. The molecule has 27 heavy (non-hydrogen) atoms. The lowest BCUT2D eigenvalue weighted by molar-refractivity contribution is -0.144. The van der Waals surface area contributed by atoms with E-state index in [0.717, 1.165) is 19.3 Å². The molecule has 0 aromatic heterocycles. The molecule has 0 saturated heterocycles. The molecule has 1 heterocycles. The Balaban J connectivity index is 2.08. The highest BCUT2D eigenvalue weighted by atomic mass is 16.5. The first-order valence-electron chi connectivity index (χ1n) is 9.41. The van der Waals surface area contributed by atoms with Gasteiger partial charge in [0.25, 0.3) is 5.91 Å². The summed E-state index contributed by atoms with van der Waals surface area (Å²) < 4.78 is 5.87. The van der Waals surface area contributed by atoms with E-state index < -0.39 is 23.5 Å². The predicted octanol–water partition coefficient (Wildman–Crippen LogP) is 1.68. The zero-order valence-electron chi connectivity index (χ0n) is 16.4. The zero-order valence-corrected chi connectivity index (χ0v) is 16.4. The van der Waals surface area contributed by atoms with Gasteiger partial charge in [-0.05, 0) is 45.8 Å². The Labute approximate surface area is 160 Å². The molecule has 7 heteroatoms. The fourth-order valence-corrected chi connectivity index (χ4v) is 2.72. The highest BCUT2D eigenvalue weighted by molar-refractivity contribution is 6.05. The van der Waals surface area contributed by atoms with Gasteiger partial charge in [-0.1, -0.05) is 25.5 Å². The van der Waals surface area contributed by atoms with Crippen molar-refractivity contribution in [2.75, 3.05) is 6.54 Å². The molecule has 0 aromatic carbocycles. The van der Waals surface area contributed by atoms with Crippen LogP contribution in [0.4, 0.5) is 0 Å². The minimum Gasteiger partial charge on any atom is -0.486 e. The van der Waals surface area contributed by atoms with Gasteiger partial charge in [-0.25, -0.2) is 0 Å². The zero-order chi connectivity index (χ0) is 20.0. The largest absolute Gasteiger partial charge is 0.486 e. The molecule has 2 rings (SSSR count). The van der Waals surface area contributed by atoms with Gasteiger partial charge in [0.15, 0.2) is 0 Å². The third-order valence-corrected chi connectivity index (χ3v) is 4.65. The highest BCUT2D eigenvalue weighted by Gasteiger charge is 2.40. The van der Waals surface area contributed by atoms with E-state index in [9.17, 15) is 14.4 Å². The third kappa shape index (κ3) is 4.99. The van der Waals surface area contributed by atoms with Gasteiger partial charge < -0.3 is 20.7 Å². The Kier molecular flexibility index (Phi) is 6.82. The molecule has 0 spiro atoms. The van der Waals surface area contributed by atoms with E-state index in [-0.39, 0.29) is 11.8 Å². The maximum Gasteiger partial charge on any atom is 0.250 e. The molecule has 2 unspecified atom stereocenters. The van der Waals surface area contributed by atoms with Crippen LogP contribution in [0.2, 0.25) is 0 Å². The minimum absolute atomic E-state index is 0.365. The topological polar surface area (TPSA) is 96.5 Å². The van der Waals surface area contributed by atoms with Crippen LogP contribution in [0, 0.1) is 5.41 Å². The smallest absolute Gasteiger partial charge is 0.250 e. The molecule has 1 aliphatic carbocycles. The van der Waals surface area contributed by atoms with Crippen LogP contribution in [0.1, 0.15) is 47.0 Å². The van der Waals surface area contributed by atoms with Crippen LogP contribution in [0.15, 0.2) is 35.8 Å². The Bertz CT molecular complexity index is 691. The van der Waals surface area contributed by atoms with Crippen molar-refractivity contribution in [2.45, 2.75) is 59.1 Å². The second-order valence-electron chi connectivity index (χ2n) is 7.32. The third-order valence-electron chi connectivity index (χ3n) is 4.65. The number of carbonyl (C=O) groups excluding carboxylic acids is 3. The van der Waals surface area contributed by atoms with Crippen molar-refractivity contribution in [3.63, 3.8) is 0 Å². The van der Waals surface area contributed by atoms with E-state index in [1.165, 1.54) is 0 Å². The lowest BCUT2D eigenvalue weighted by Gasteiger charge is -2.28. The van der Waals surface area contributed by atoms with Gasteiger partial charge in [-0.15, -0.1) is 0 Å². The van der Waals surface area contributed by atoms with Crippen LogP contribution in [-0.2, 0) is 19.1 Å². The summed E-state index contributed by atoms with van der Waals surface area (Å²) in [7, 11) is 0. The van der Waals surface area contributed by atoms with Gasteiger partial charge in [-0.2, -0.15) is 0 Å². The highest BCUT2D eigenvalue weighted by Crippen LogP contribution is 2.21. The molecule has 1 aliphatic heterocycles. The lowest BCUT2D eigenvalue weighted by Crippen LogP contribution is -2.57. The summed E-state index contributed by atoms with van der Waals surface area (Å²) in [5.41, 5.74) is -0.737. The van der Waals surface area contributed by atoms with E-state index in [0.29, 0.717) is 18.0 Å². The number of unbranched alkanes of at least 4 members (excludes halogenated alkanes) is 1. The van der Waals surface area contributed by atoms with Crippen molar-refractivity contribution < 1.29 is 19.1 Å². The predicted molar refractivity (Wildman–Crippen MR) is 102 cm³/mol. The maximum absolute atomic E-state index is 12.7. The first-order valence-corrected chi connectivity index (χ1v) is 9.41. The number of carbonyl (C=O) groups is 3. The van der Waals surface area contributed by atoms with Gasteiger partial charge in [0.05, 0.1) is 5.70 Å². The van der Waals surface area contributed by atoms with Crippen molar-refractivity contribution in [2.24, 2.45) is 5.41 Å². The van der Waals surface area contributed by atoms with Crippen LogP contribution < -0.4 is 16.0 Å². The fraction of sp³-hybridized carbons (Fsp3) is 0.550. The monoisotopic (exact) mass is 375 g/mol. The molecule has 0 bridgehead atoms. The summed E-state index contributed by atoms with van der Waals surface area (Å²) in [6.07, 6.45) is 9.40. The SMILES string of the molecule is CCCCNC(=O)C(C)(C)C(=O)NC1C(=O)NC2=C(C=CCC=C2)OC1C. The second kappa shape index (κ2) is 8.88. The van der Waals surface area contributed by atoms with Crippen LogP contribution in [-0.4, -0.2) is 36.4 Å². The van der Waals surface area contributed by atoms with Gasteiger partial charge in [0.1, 0.15) is 23.3 Å². The molecular formula is C20H29N3O4. The molecule has 0 fully saturated rings. The minimum atomic E-state index is -1.30. The molecular weight excluding hydrogens is 346 g/mol. The van der Waals surface area contributed by atoms with E-state index in [1.807, 2.05) is 19.1 Å². The molecule has 2 atom stereocenters. The van der Waals surface area contributed by atoms with Crippen LogP contribution in [0.3, 0.4) is 0 Å². The number of nitrogens with one attached hydrogen (secondary N) is 3. The van der Waals surface area contributed by atoms with Gasteiger partial charge in [0, 0.05) is 6.54 Å². The summed E-state index contributed by atoms with van der Waals surface area (Å²) in [4.78, 5) is 37.7.